The number of ketones is 1. The number of cyclic esters (lactones) is 4. The summed E-state index contributed by atoms with van der Waals surface area (Å²) in [5.74, 6) is -4.33. The summed E-state index contributed by atoms with van der Waals surface area (Å²) in [4.78, 5) is 53.1. The van der Waals surface area contributed by atoms with Crippen molar-refractivity contribution in [2.45, 2.75) is 73.4 Å². The van der Waals surface area contributed by atoms with Gasteiger partial charge in [-0.2, -0.15) is 0 Å². The van der Waals surface area contributed by atoms with E-state index >= 15 is 0 Å². The van der Waals surface area contributed by atoms with Gasteiger partial charge in [-0.3, -0.25) is 9.59 Å². The summed E-state index contributed by atoms with van der Waals surface area (Å²) in [5, 5.41) is 0. The minimum absolute atomic E-state index is 0.000625. The Morgan fingerprint density at radius 3 is 1.26 bits per heavy atom. The third kappa shape index (κ3) is 9.53. The van der Waals surface area contributed by atoms with Gasteiger partial charge in [-0.25, -0.2) is 9.59 Å². The minimum atomic E-state index is -1.15. The van der Waals surface area contributed by atoms with Crippen LogP contribution in [0.15, 0.2) is 11.1 Å². The molecule has 0 unspecified atom stereocenters. The molecule has 0 aromatic rings. The van der Waals surface area contributed by atoms with Crippen LogP contribution in [-0.4, -0.2) is 41.2 Å². The lowest BCUT2D eigenvalue weighted by Gasteiger charge is -2.30. The molecule has 9 nitrogen and oxygen atoms in total. The Kier molecular flexibility index (Phi) is 8.36. The van der Waals surface area contributed by atoms with Crippen LogP contribution in [0.1, 0.15) is 61.8 Å². The first-order valence-electron chi connectivity index (χ1n) is 8.11. The Morgan fingerprint density at radius 2 is 1.00 bits per heavy atom. The highest BCUT2D eigenvalue weighted by molar-refractivity contribution is 6.15. The summed E-state index contributed by atoms with van der Waals surface area (Å²) in [6.07, 6.45) is -0.274. The standard InChI is InChI=1S/C9H12O4.C6H8O4.C3H6O/c1-5(2)6-7(10)12-9(3,4)13-8(6)11;1-6(2)9-4(7)3-5(8)10-6;1-3(2)4/h1-4H3;3H2,1-2H3;1-2H3. The molecule has 2 rings (SSSR count). The number of allylic oxidation sites excluding steroid dienone is 1. The van der Waals surface area contributed by atoms with E-state index in [2.05, 4.69) is 9.47 Å². The van der Waals surface area contributed by atoms with Crippen molar-refractivity contribution in [1.82, 2.24) is 0 Å². The first-order chi connectivity index (χ1) is 12.1. The van der Waals surface area contributed by atoms with Crippen LogP contribution in [0.2, 0.25) is 0 Å². The van der Waals surface area contributed by atoms with E-state index in [1.165, 1.54) is 41.5 Å². The topological polar surface area (TPSA) is 122 Å². The molecule has 0 bridgehead atoms. The van der Waals surface area contributed by atoms with E-state index in [0.29, 0.717) is 5.57 Å². The molecule has 0 radical (unpaired) electrons. The first kappa shape index (κ1) is 24.3. The molecular weight excluding hydrogens is 360 g/mol. The second-order valence-electron chi connectivity index (χ2n) is 6.99. The van der Waals surface area contributed by atoms with Crippen molar-refractivity contribution < 1.29 is 42.9 Å². The predicted octanol–water partition coefficient (Wildman–Crippen LogP) is 1.97. The Bertz CT molecular complexity index is 620. The number of hydrogen-bond donors (Lipinski definition) is 0. The first-order valence-corrected chi connectivity index (χ1v) is 8.11. The van der Waals surface area contributed by atoms with Gasteiger partial charge in [-0.1, -0.05) is 5.57 Å². The molecular formula is C18H26O9. The van der Waals surface area contributed by atoms with Gasteiger partial charge >= 0.3 is 23.9 Å². The summed E-state index contributed by atoms with van der Waals surface area (Å²) in [6.45, 7) is 12.4. The summed E-state index contributed by atoms with van der Waals surface area (Å²) in [5.41, 5.74) is 0.602. The molecule has 2 heterocycles. The average molecular weight is 386 g/mol. The second kappa shape index (κ2) is 9.29. The molecule has 2 aliphatic rings. The fourth-order valence-corrected chi connectivity index (χ4v) is 1.82. The van der Waals surface area contributed by atoms with Gasteiger partial charge in [0.15, 0.2) is 0 Å². The van der Waals surface area contributed by atoms with E-state index in [1.54, 1.807) is 13.8 Å². The van der Waals surface area contributed by atoms with Gasteiger partial charge in [-0.05, 0) is 27.7 Å². The van der Waals surface area contributed by atoms with E-state index in [0.717, 1.165) is 0 Å². The molecule has 27 heavy (non-hydrogen) atoms. The predicted molar refractivity (Wildman–Crippen MR) is 91.9 cm³/mol. The van der Waals surface area contributed by atoms with E-state index in [1.807, 2.05) is 0 Å². The zero-order valence-electron chi connectivity index (χ0n) is 16.9. The number of carbonyl (C=O) groups is 5. The molecule has 0 aromatic heterocycles. The summed E-state index contributed by atoms with van der Waals surface area (Å²) in [7, 11) is 0. The number of Topliss-reactive ketones (excluding diaryl/α,β-unsaturated/α-hetero) is 1. The summed E-state index contributed by atoms with van der Waals surface area (Å²) < 4.78 is 19.1. The molecule has 152 valence electrons. The SMILES string of the molecule is CC(C)=C1C(=O)OC(C)(C)OC1=O.CC(C)=O.CC1(C)OC(=O)CC(=O)O1. The van der Waals surface area contributed by atoms with Crippen molar-refractivity contribution in [3.05, 3.63) is 11.1 Å². The molecule has 0 N–H and O–H groups in total. The molecule has 9 heteroatoms. The number of rotatable bonds is 0. The number of ether oxygens (including phenoxy) is 4. The van der Waals surface area contributed by atoms with Crippen LogP contribution in [0, 0.1) is 0 Å². The van der Waals surface area contributed by atoms with Gasteiger partial charge in [-0.15, -0.1) is 0 Å². The second-order valence-corrected chi connectivity index (χ2v) is 6.99. The van der Waals surface area contributed by atoms with Gasteiger partial charge in [0.2, 0.25) is 0 Å². The number of esters is 4. The van der Waals surface area contributed by atoms with Gasteiger partial charge in [0.05, 0.1) is 0 Å². The third-order valence-corrected chi connectivity index (χ3v) is 2.59. The molecule has 2 saturated heterocycles. The highest BCUT2D eigenvalue weighted by Crippen LogP contribution is 2.24. The lowest BCUT2D eigenvalue weighted by Crippen LogP contribution is -2.42. The maximum absolute atomic E-state index is 11.3. The average Bonchev–Trinajstić information content (AvgIpc) is 2.31. The Morgan fingerprint density at radius 1 is 0.704 bits per heavy atom. The molecule has 0 saturated carbocycles. The van der Waals surface area contributed by atoms with E-state index in [4.69, 9.17) is 9.47 Å². The summed E-state index contributed by atoms with van der Waals surface area (Å²) >= 11 is 0. The van der Waals surface area contributed by atoms with Crippen LogP contribution in [0.25, 0.3) is 0 Å². The molecule has 0 amide bonds. The van der Waals surface area contributed by atoms with Crippen molar-refractivity contribution in [3.63, 3.8) is 0 Å². The molecule has 2 aliphatic heterocycles. The van der Waals surface area contributed by atoms with Gasteiger partial charge in [0.1, 0.15) is 17.8 Å². The fourth-order valence-electron chi connectivity index (χ4n) is 1.82. The molecule has 0 aromatic carbocycles. The maximum Gasteiger partial charge on any atom is 0.348 e. The Hall–Kier alpha value is -2.71. The van der Waals surface area contributed by atoms with Crippen molar-refractivity contribution in [2.24, 2.45) is 0 Å². The molecule has 0 aliphatic carbocycles. The minimum Gasteiger partial charge on any atom is -0.423 e. The highest BCUT2D eigenvalue weighted by atomic mass is 16.7. The quantitative estimate of drug-likeness (QED) is 0.266. The molecule has 0 atom stereocenters. The monoisotopic (exact) mass is 386 g/mol. The van der Waals surface area contributed by atoms with Crippen LogP contribution < -0.4 is 0 Å². The smallest absolute Gasteiger partial charge is 0.348 e. The highest BCUT2D eigenvalue weighted by Gasteiger charge is 2.39. The van der Waals surface area contributed by atoms with Gasteiger partial charge < -0.3 is 23.7 Å². The molecule has 2 fully saturated rings. The third-order valence-electron chi connectivity index (χ3n) is 2.59. The number of carbonyl (C=O) groups excluding carboxylic acids is 5. The lowest BCUT2D eigenvalue weighted by atomic mass is 10.1. The zero-order chi connectivity index (χ0) is 21.6. The van der Waals surface area contributed by atoms with Crippen molar-refractivity contribution >= 4 is 29.7 Å². The van der Waals surface area contributed by atoms with Crippen LogP contribution in [0.4, 0.5) is 0 Å². The van der Waals surface area contributed by atoms with Crippen molar-refractivity contribution in [1.29, 1.82) is 0 Å². The lowest BCUT2D eigenvalue weighted by molar-refractivity contribution is -0.231. The fraction of sp³-hybridized carbons (Fsp3) is 0.611. The van der Waals surface area contributed by atoms with Crippen LogP contribution in [-0.2, 0) is 42.9 Å². The largest absolute Gasteiger partial charge is 0.423 e. The van der Waals surface area contributed by atoms with E-state index in [-0.39, 0.29) is 17.8 Å². The summed E-state index contributed by atoms with van der Waals surface area (Å²) in [6, 6.07) is 0. The Labute approximate surface area is 158 Å². The normalized spacial score (nSPS) is 19.6. The van der Waals surface area contributed by atoms with Gasteiger partial charge in [0.25, 0.3) is 11.6 Å². The van der Waals surface area contributed by atoms with Gasteiger partial charge in [0, 0.05) is 27.7 Å². The van der Waals surface area contributed by atoms with Crippen LogP contribution >= 0.6 is 0 Å². The van der Waals surface area contributed by atoms with E-state index < -0.39 is 35.5 Å². The Balaban J connectivity index is 0.000000428. The zero-order valence-corrected chi connectivity index (χ0v) is 16.9. The number of hydrogen-bond acceptors (Lipinski definition) is 9. The van der Waals surface area contributed by atoms with Crippen LogP contribution in [0.3, 0.4) is 0 Å². The maximum atomic E-state index is 11.3. The van der Waals surface area contributed by atoms with Crippen LogP contribution in [0.5, 0.6) is 0 Å². The molecule has 0 spiro atoms. The van der Waals surface area contributed by atoms with E-state index in [9.17, 15) is 24.0 Å². The van der Waals surface area contributed by atoms with Crippen molar-refractivity contribution in [2.75, 3.05) is 0 Å². The van der Waals surface area contributed by atoms with Crippen molar-refractivity contribution in [3.8, 4) is 0 Å².